The van der Waals surface area contributed by atoms with Crippen molar-refractivity contribution in [2.45, 2.75) is 16.4 Å². The van der Waals surface area contributed by atoms with Crippen LogP contribution in [-0.4, -0.2) is 29.8 Å². The predicted octanol–water partition coefficient (Wildman–Crippen LogP) is 5.15. The van der Waals surface area contributed by atoms with E-state index in [0.29, 0.717) is 27.6 Å². The number of benzene rings is 2. The van der Waals surface area contributed by atoms with Crippen molar-refractivity contribution < 1.29 is 22.0 Å². The van der Waals surface area contributed by atoms with Gasteiger partial charge in [-0.25, -0.2) is 9.37 Å². The Bertz CT molecular complexity index is 1400. The monoisotopic (exact) mass is 458 g/mol. The lowest BCUT2D eigenvalue weighted by molar-refractivity contribution is -0.137. The minimum absolute atomic E-state index is 0.0730. The topological polar surface area (TPSA) is 82.0 Å². The van der Waals surface area contributed by atoms with Crippen molar-refractivity contribution in [1.29, 1.82) is 0 Å². The summed E-state index contributed by atoms with van der Waals surface area (Å²) in [6.07, 6.45) is -3.09. The van der Waals surface area contributed by atoms with Crippen molar-refractivity contribution >= 4 is 17.5 Å². The number of fused-ring (bicyclic) bond motifs is 1. The molecule has 0 unspecified atom stereocenters. The highest BCUT2D eigenvalue weighted by molar-refractivity contribution is 7.99. The summed E-state index contributed by atoms with van der Waals surface area (Å²) in [6.45, 7) is 0. The van der Waals surface area contributed by atoms with Gasteiger partial charge in [-0.1, -0.05) is 0 Å². The first kappa shape index (κ1) is 20.1. The Morgan fingerprint density at radius 1 is 0.906 bits per heavy atom. The van der Waals surface area contributed by atoms with E-state index in [1.54, 1.807) is 18.2 Å². The minimum atomic E-state index is -4.43. The third-order valence-corrected chi connectivity index (χ3v) is 5.26. The number of hydrogen-bond acceptors (Lipinski definition) is 7. The maximum absolute atomic E-state index is 13.3. The van der Waals surface area contributed by atoms with Crippen molar-refractivity contribution in [3.05, 3.63) is 72.3 Å². The fraction of sp³-hybridized carbons (Fsp3) is 0.0500. The van der Waals surface area contributed by atoms with Crippen LogP contribution in [-0.2, 0) is 6.18 Å². The van der Waals surface area contributed by atoms with E-state index < -0.39 is 11.7 Å². The second-order valence-corrected chi connectivity index (χ2v) is 7.48. The van der Waals surface area contributed by atoms with E-state index in [0.717, 1.165) is 23.9 Å². The molecule has 3 heterocycles. The highest BCUT2D eigenvalue weighted by Gasteiger charge is 2.30. The molecule has 5 aromatic rings. The van der Waals surface area contributed by atoms with Crippen LogP contribution >= 0.6 is 11.8 Å². The number of hydrogen-bond donors (Lipinski definition) is 0. The summed E-state index contributed by atoms with van der Waals surface area (Å²) in [5.41, 5.74) is 0.796. The molecule has 12 heteroatoms. The van der Waals surface area contributed by atoms with E-state index in [1.807, 2.05) is 0 Å². The molecular weight excluding hydrogens is 448 g/mol. The molecule has 0 saturated heterocycles. The van der Waals surface area contributed by atoms with Crippen molar-refractivity contribution in [3.63, 3.8) is 0 Å². The van der Waals surface area contributed by atoms with Gasteiger partial charge in [-0.05, 0) is 66.4 Å². The summed E-state index contributed by atoms with van der Waals surface area (Å²) in [4.78, 5) is 8.51. The second-order valence-electron chi connectivity index (χ2n) is 6.51. The maximum Gasteiger partial charge on any atom is 0.416 e. The van der Waals surface area contributed by atoms with Crippen LogP contribution in [0.15, 0.2) is 75.6 Å². The molecule has 0 aliphatic heterocycles. The Hall–Kier alpha value is -3.80. The van der Waals surface area contributed by atoms with Gasteiger partial charge in [-0.15, -0.1) is 10.2 Å². The van der Waals surface area contributed by atoms with Gasteiger partial charge in [-0.3, -0.25) is 0 Å². The number of rotatable bonds is 4. The van der Waals surface area contributed by atoms with Crippen LogP contribution in [0.2, 0.25) is 0 Å². The SMILES string of the molecule is Fc1ccc(-c2cc(Sc3nnc(-c4ccc(C(F)(F)F)cc4)o3)n3ncnc3n2)cc1. The molecule has 0 aliphatic rings. The highest BCUT2D eigenvalue weighted by Crippen LogP contribution is 2.33. The normalized spacial score (nSPS) is 11.9. The Labute approximate surface area is 181 Å². The summed E-state index contributed by atoms with van der Waals surface area (Å²) in [5, 5.41) is 12.7. The van der Waals surface area contributed by atoms with E-state index in [2.05, 4.69) is 25.3 Å². The van der Waals surface area contributed by atoms with Crippen LogP contribution in [0.1, 0.15) is 5.56 Å². The molecule has 0 aliphatic carbocycles. The molecule has 0 atom stereocenters. The van der Waals surface area contributed by atoms with E-state index in [1.165, 1.54) is 35.1 Å². The second kappa shape index (κ2) is 7.71. The average molecular weight is 458 g/mol. The predicted molar refractivity (Wildman–Crippen MR) is 105 cm³/mol. The van der Waals surface area contributed by atoms with E-state index in [-0.39, 0.29) is 16.9 Å². The average Bonchev–Trinajstić information content (AvgIpc) is 3.43. The van der Waals surface area contributed by atoms with Crippen molar-refractivity contribution in [2.24, 2.45) is 0 Å². The minimum Gasteiger partial charge on any atom is -0.411 e. The van der Waals surface area contributed by atoms with Crippen molar-refractivity contribution in [1.82, 2.24) is 29.8 Å². The van der Waals surface area contributed by atoms with Gasteiger partial charge in [0.15, 0.2) is 0 Å². The van der Waals surface area contributed by atoms with E-state index >= 15 is 0 Å². The third-order valence-electron chi connectivity index (χ3n) is 4.42. The standard InChI is InChI=1S/C20H10F4N6OS/c21-14-7-3-11(4-8-14)15-9-16(30-18(27-15)25-10-26-30)32-19-29-28-17(31-19)12-1-5-13(6-2-12)20(22,23)24/h1-10H. The van der Waals surface area contributed by atoms with Crippen LogP contribution in [0.25, 0.3) is 28.5 Å². The van der Waals surface area contributed by atoms with Crippen LogP contribution in [0, 0.1) is 5.82 Å². The van der Waals surface area contributed by atoms with Crippen LogP contribution in [0.4, 0.5) is 17.6 Å². The fourth-order valence-corrected chi connectivity index (χ4v) is 3.65. The van der Waals surface area contributed by atoms with Crippen molar-refractivity contribution in [3.8, 4) is 22.7 Å². The first-order valence-corrected chi connectivity index (χ1v) is 9.84. The lowest BCUT2D eigenvalue weighted by Crippen LogP contribution is -2.03. The molecule has 5 rings (SSSR count). The molecule has 7 nitrogen and oxygen atoms in total. The summed E-state index contributed by atoms with van der Waals surface area (Å²) < 4.78 is 58.6. The smallest absolute Gasteiger partial charge is 0.411 e. The molecule has 160 valence electrons. The molecule has 3 aromatic heterocycles. The molecule has 0 amide bonds. The van der Waals surface area contributed by atoms with Crippen LogP contribution in [0.3, 0.4) is 0 Å². The van der Waals surface area contributed by atoms with Crippen LogP contribution < -0.4 is 0 Å². The number of halogens is 4. The zero-order valence-electron chi connectivity index (χ0n) is 15.8. The third kappa shape index (κ3) is 3.91. The Kier molecular flexibility index (Phi) is 4.85. The zero-order chi connectivity index (χ0) is 22.3. The quantitative estimate of drug-likeness (QED) is 0.272. The van der Waals surface area contributed by atoms with Gasteiger partial charge in [0.25, 0.3) is 11.0 Å². The lowest BCUT2D eigenvalue weighted by Gasteiger charge is -2.06. The summed E-state index contributed by atoms with van der Waals surface area (Å²) in [7, 11) is 0. The van der Waals surface area contributed by atoms with Gasteiger partial charge in [0.1, 0.15) is 17.2 Å². The highest BCUT2D eigenvalue weighted by atomic mass is 32.2. The maximum atomic E-state index is 13.3. The molecule has 0 spiro atoms. The van der Waals surface area contributed by atoms with Gasteiger partial charge < -0.3 is 4.42 Å². The molecule has 0 fully saturated rings. The van der Waals surface area contributed by atoms with Gasteiger partial charge in [0.2, 0.25) is 5.89 Å². The Morgan fingerprint density at radius 3 is 2.34 bits per heavy atom. The van der Waals surface area contributed by atoms with Gasteiger partial charge >= 0.3 is 6.18 Å². The van der Waals surface area contributed by atoms with Gasteiger partial charge in [0, 0.05) is 11.1 Å². The molecule has 0 N–H and O–H groups in total. The van der Waals surface area contributed by atoms with Crippen molar-refractivity contribution in [2.75, 3.05) is 0 Å². The lowest BCUT2D eigenvalue weighted by atomic mass is 10.1. The number of nitrogens with zero attached hydrogens (tertiary/aromatic N) is 6. The summed E-state index contributed by atoms with van der Waals surface area (Å²) in [6, 6.07) is 12.0. The summed E-state index contributed by atoms with van der Waals surface area (Å²) in [5.74, 6) is 0.0224. The first-order chi connectivity index (χ1) is 15.4. The van der Waals surface area contributed by atoms with E-state index in [9.17, 15) is 17.6 Å². The van der Waals surface area contributed by atoms with Gasteiger partial charge in [0.05, 0.1) is 11.3 Å². The largest absolute Gasteiger partial charge is 0.416 e. The first-order valence-electron chi connectivity index (χ1n) is 9.02. The van der Waals surface area contributed by atoms with Crippen LogP contribution in [0.5, 0.6) is 0 Å². The molecule has 0 saturated carbocycles. The summed E-state index contributed by atoms with van der Waals surface area (Å²) >= 11 is 1.08. The Morgan fingerprint density at radius 2 is 1.62 bits per heavy atom. The molecule has 0 bridgehead atoms. The molecule has 2 aromatic carbocycles. The molecule has 0 radical (unpaired) electrons. The Balaban J connectivity index is 1.46. The molecule has 32 heavy (non-hydrogen) atoms. The fourth-order valence-electron chi connectivity index (χ4n) is 2.89. The van der Waals surface area contributed by atoms with E-state index in [4.69, 9.17) is 4.42 Å². The number of alkyl halides is 3. The molecular formula is C20H10F4N6OS. The van der Waals surface area contributed by atoms with Gasteiger partial charge in [-0.2, -0.15) is 27.8 Å². The zero-order valence-corrected chi connectivity index (χ0v) is 16.6. The number of aromatic nitrogens is 6.